The Morgan fingerprint density at radius 3 is 2.47 bits per heavy atom. The van der Waals surface area contributed by atoms with Crippen LogP contribution in [-0.4, -0.2) is 36.5 Å². The molecule has 1 unspecified atom stereocenters. The lowest BCUT2D eigenvalue weighted by atomic mass is 10.1. The first kappa shape index (κ1) is 28.0. The maximum Gasteiger partial charge on any atom is 0.459 e. The molecule has 8 nitrogen and oxygen atoms in total. The minimum absolute atomic E-state index is 0.0994. The highest BCUT2D eigenvalue weighted by Crippen LogP contribution is 2.46. The zero-order valence-corrected chi connectivity index (χ0v) is 21.4. The Balaban J connectivity index is 3.20. The van der Waals surface area contributed by atoms with Gasteiger partial charge in [0.05, 0.1) is 18.4 Å². The van der Waals surface area contributed by atoms with Gasteiger partial charge < -0.3 is 14.4 Å². The van der Waals surface area contributed by atoms with Gasteiger partial charge in [-0.15, -0.1) is 0 Å². The Morgan fingerprint density at radius 2 is 1.94 bits per heavy atom. The average molecular weight is 535 g/mol. The average Bonchev–Trinajstić information content (AvgIpc) is 2.71. The van der Waals surface area contributed by atoms with Gasteiger partial charge in [0.1, 0.15) is 11.8 Å². The molecule has 2 N–H and O–H groups in total. The van der Waals surface area contributed by atoms with E-state index in [1.54, 1.807) is 34.6 Å². The van der Waals surface area contributed by atoms with E-state index in [2.05, 4.69) is 32.7 Å². The number of nitrogens with zero attached hydrogens (tertiary/aromatic N) is 1. The number of carbonyl (C=O) groups excluding carboxylic acids is 1. The van der Waals surface area contributed by atoms with E-state index in [1.807, 2.05) is 0 Å². The SMILES string of the molecule is C=N/C(C)=C(O)\C(C)=C(/C)COP(=O)(N[C@@H](C)C(=O)OC(C)C)Oc1ccc(Br)cc1F. The van der Waals surface area contributed by atoms with Gasteiger partial charge >= 0.3 is 13.7 Å². The number of carbonyl (C=O) groups is 1. The van der Waals surface area contributed by atoms with Crippen molar-refractivity contribution in [3.05, 3.63) is 51.1 Å². The highest BCUT2D eigenvalue weighted by Gasteiger charge is 2.33. The molecule has 0 fully saturated rings. The highest BCUT2D eigenvalue weighted by atomic mass is 79.9. The van der Waals surface area contributed by atoms with E-state index in [1.165, 1.54) is 19.1 Å². The fraction of sp³-hybridized carbons (Fsp3) is 0.429. The molecular weight excluding hydrogens is 506 g/mol. The fourth-order valence-electron chi connectivity index (χ4n) is 2.23. The predicted molar refractivity (Wildman–Crippen MR) is 125 cm³/mol. The molecule has 0 spiro atoms. The molecule has 0 aliphatic carbocycles. The van der Waals surface area contributed by atoms with Crippen molar-refractivity contribution in [1.29, 1.82) is 0 Å². The van der Waals surface area contributed by atoms with E-state index in [0.29, 0.717) is 21.3 Å². The standard InChI is InChI=1S/C21H29BrFN2O6P/c1-12(2)30-21(27)16(6)25-32(28,31-19-9-8-17(22)10-18(19)23)29-11-13(3)14(4)20(26)15(5)24-7/h8-10,12,16,26H,7,11H2,1-6H3,(H,25,28)/b14-13+,20-15+/t16-,32?/m0/s1. The van der Waals surface area contributed by atoms with E-state index in [-0.39, 0.29) is 24.2 Å². The van der Waals surface area contributed by atoms with Gasteiger partial charge in [-0.05, 0) is 77.6 Å². The first-order valence-corrected chi connectivity index (χ1v) is 12.0. The van der Waals surface area contributed by atoms with Gasteiger partial charge in [0.25, 0.3) is 0 Å². The lowest BCUT2D eigenvalue weighted by molar-refractivity contribution is -0.149. The minimum Gasteiger partial charge on any atom is -0.506 e. The third kappa shape index (κ3) is 8.50. The topological polar surface area (TPSA) is 106 Å². The van der Waals surface area contributed by atoms with E-state index in [9.17, 15) is 18.9 Å². The van der Waals surface area contributed by atoms with Crippen molar-refractivity contribution in [2.45, 2.75) is 53.7 Å². The summed E-state index contributed by atoms with van der Waals surface area (Å²) in [5, 5.41) is 12.7. The molecule has 2 atom stereocenters. The number of aliphatic hydroxyl groups excluding tert-OH is 1. The Hall–Kier alpha value is -2.00. The number of benzene rings is 1. The Morgan fingerprint density at radius 1 is 1.31 bits per heavy atom. The molecule has 0 saturated heterocycles. The van der Waals surface area contributed by atoms with E-state index < -0.39 is 25.6 Å². The number of hydrogen-bond acceptors (Lipinski definition) is 7. The Bertz CT molecular complexity index is 964. The number of aliphatic hydroxyl groups is 1. The molecule has 1 rings (SSSR count). The molecule has 32 heavy (non-hydrogen) atoms. The van der Waals surface area contributed by atoms with Gasteiger partial charge in [-0.3, -0.25) is 14.3 Å². The van der Waals surface area contributed by atoms with Crippen LogP contribution in [0.25, 0.3) is 0 Å². The van der Waals surface area contributed by atoms with Crippen LogP contribution in [0.5, 0.6) is 5.75 Å². The first-order chi connectivity index (χ1) is 14.8. The van der Waals surface area contributed by atoms with Crippen LogP contribution >= 0.6 is 23.7 Å². The molecular formula is C21H29BrFN2O6P. The number of nitrogens with one attached hydrogen (secondary N) is 1. The first-order valence-electron chi connectivity index (χ1n) is 9.70. The van der Waals surface area contributed by atoms with Crippen molar-refractivity contribution < 1.29 is 32.6 Å². The molecule has 1 aromatic carbocycles. The summed E-state index contributed by atoms with van der Waals surface area (Å²) in [5.41, 5.74) is 1.25. The van der Waals surface area contributed by atoms with Gasteiger partial charge in [-0.2, -0.15) is 5.09 Å². The predicted octanol–water partition coefficient (Wildman–Crippen LogP) is 5.85. The quantitative estimate of drug-likeness (QED) is 0.120. The molecule has 0 saturated carbocycles. The molecule has 178 valence electrons. The second-order valence-electron chi connectivity index (χ2n) is 7.27. The summed E-state index contributed by atoms with van der Waals surface area (Å²) in [6.45, 7) is 12.7. The number of rotatable bonds is 11. The summed E-state index contributed by atoms with van der Waals surface area (Å²) in [4.78, 5) is 15.8. The van der Waals surface area contributed by atoms with Crippen LogP contribution in [0.1, 0.15) is 41.5 Å². The van der Waals surface area contributed by atoms with E-state index in [4.69, 9.17) is 13.8 Å². The molecule has 11 heteroatoms. The van der Waals surface area contributed by atoms with Crippen molar-refractivity contribution in [1.82, 2.24) is 5.09 Å². The van der Waals surface area contributed by atoms with E-state index in [0.717, 1.165) is 6.07 Å². The second-order valence-corrected chi connectivity index (χ2v) is 9.88. The Kier molecular flexibility index (Phi) is 10.8. The van der Waals surface area contributed by atoms with Gasteiger partial charge in [0.15, 0.2) is 11.6 Å². The van der Waals surface area contributed by atoms with Gasteiger partial charge in [0, 0.05) is 4.47 Å². The zero-order chi connectivity index (χ0) is 24.6. The summed E-state index contributed by atoms with van der Waals surface area (Å²) >= 11 is 3.14. The number of allylic oxidation sites excluding steroid dienone is 2. The van der Waals surface area contributed by atoms with E-state index >= 15 is 0 Å². The largest absolute Gasteiger partial charge is 0.506 e. The highest BCUT2D eigenvalue weighted by molar-refractivity contribution is 9.10. The number of aliphatic imine (C=N–C) groups is 1. The third-order valence-electron chi connectivity index (χ3n) is 4.20. The van der Waals surface area contributed by atoms with Gasteiger partial charge in [-0.25, -0.2) is 8.96 Å². The molecule has 0 radical (unpaired) electrons. The zero-order valence-electron chi connectivity index (χ0n) is 18.9. The normalized spacial score (nSPS) is 15.9. The maximum absolute atomic E-state index is 14.3. The monoisotopic (exact) mass is 534 g/mol. The smallest absolute Gasteiger partial charge is 0.459 e. The molecule has 0 heterocycles. The van der Waals surface area contributed by atoms with Crippen LogP contribution in [0.15, 0.2) is 50.3 Å². The van der Waals surface area contributed by atoms with Crippen LogP contribution in [-0.2, 0) is 18.6 Å². The number of halogens is 2. The molecule has 0 aliphatic heterocycles. The van der Waals surface area contributed by atoms with Crippen LogP contribution in [0, 0.1) is 5.82 Å². The van der Waals surface area contributed by atoms with Crippen LogP contribution in [0.3, 0.4) is 0 Å². The molecule has 0 aromatic heterocycles. The van der Waals surface area contributed by atoms with Gasteiger partial charge in [0.2, 0.25) is 0 Å². The summed E-state index contributed by atoms with van der Waals surface area (Å²) in [6.07, 6.45) is -0.388. The van der Waals surface area contributed by atoms with Crippen LogP contribution in [0.2, 0.25) is 0 Å². The second kappa shape index (κ2) is 12.3. The molecule has 0 bridgehead atoms. The third-order valence-corrected chi connectivity index (χ3v) is 6.30. The number of ether oxygens (including phenoxy) is 1. The van der Waals surface area contributed by atoms with Crippen molar-refractivity contribution in [2.24, 2.45) is 4.99 Å². The van der Waals surface area contributed by atoms with Crippen LogP contribution < -0.4 is 9.61 Å². The molecule has 0 amide bonds. The van der Waals surface area contributed by atoms with Crippen LogP contribution in [0.4, 0.5) is 4.39 Å². The minimum atomic E-state index is -4.26. The maximum atomic E-state index is 14.3. The summed E-state index contributed by atoms with van der Waals surface area (Å²) in [6, 6.07) is 2.84. The lowest BCUT2D eigenvalue weighted by Gasteiger charge is -2.24. The van der Waals surface area contributed by atoms with Crippen molar-refractivity contribution in [2.75, 3.05) is 6.61 Å². The summed E-state index contributed by atoms with van der Waals surface area (Å²) in [7, 11) is -4.26. The summed E-state index contributed by atoms with van der Waals surface area (Å²) < 4.78 is 44.2. The number of hydrogen-bond donors (Lipinski definition) is 2. The van der Waals surface area contributed by atoms with Crippen molar-refractivity contribution >= 4 is 36.4 Å². The van der Waals surface area contributed by atoms with Gasteiger partial charge in [-0.1, -0.05) is 15.9 Å². The van der Waals surface area contributed by atoms with Crippen molar-refractivity contribution in [3.63, 3.8) is 0 Å². The number of esters is 1. The fourth-order valence-corrected chi connectivity index (χ4v) is 4.09. The van der Waals surface area contributed by atoms with Crippen molar-refractivity contribution in [3.8, 4) is 5.75 Å². The molecule has 0 aliphatic rings. The summed E-state index contributed by atoms with van der Waals surface area (Å²) in [5.74, 6) is -1.89. The molecule has 1 aromatic rings. The lowest BCUT2D eigenvalue weighted by Crippen LogP contribution is -2.36. The Labute approximate surface area is 196 Å².